The number of hydrogen-bond acceptors (Lipinski definition) is 7. The van der Waals surface area contributed by atoms with Crippen molar-refractivity contribution in [3.63, 3.8) is 0 Å². The van der Waals surface area contributed by atoms with E-state index in [1.165, 1.54) is 24.7 Å². The summed E-state index contributed by atoms with van der Waals surface area (Å²) in [7, 11) is 0.0568. The summed E-state index contributed by atoms with van der Waals surface area (Å²) >= 11 is 1.21. The highest BCUT2D eigenvalue weighted by molar-refractivity contribution is 7.85. The Bertz CT molecular complexity index is 914. The summed E-state index contributed by atoms with van der Waals surface area (Å²) in [6.45, 7) is 9.52. The van der Waals surface area contributed by atoms with Gasteiger partial charge in [0.1, 0.15) is 34.5 Å². The van der Waals surface area contributed by atoms with Crippen molar-refractivity contribution < 1.29 is 18.5 Å². The maximum absolute atomic E-state index is 12.7. The molecule has 0 saturated carbocycles. The molecule has 1 unspecified atom stereocenters. The molecule has 1 atom stereocenters. The summed E-state index contributed by atoms with van der Waals surface area (Å²) < 4.78 is 25.4. The third-order valence-corrected chi connectivity index (χ3v) is 7.33. The van der Waals surface area contributed by atoms with Gasteiger partial charge in [-0.15, -0.1) is 11.3 Å². The Kier molecular flexibility index (Phi) is 8.94. The molecular formula is C20H30N4O4S2. The van der Waals surface area contributed by atoms with Gasteiger partial charge in [0.05, 0.1) is 25.6 Å². The molecule has 10 heteroatoms. The Morgan fingerprint density at radius 1 is 1.47 bits per heavy atom. The number of nitrogens with one attached hydrogen (secondary N) is 1. The standard InChI is InChI=1S/C20H30N4O4S2/c1-6-24(7-2)30(26)20-18(25)17(12-29-20)23-16(11-27-5)19(21)22-9-15-8-14(10-28-15)13(3)4/h8,10-13,23,25H,6-7,9H2,1-5H3,(H2,21,22)/b16-11+. The molecule has 2 aromatic heterocycles. The number of methoxy groups -OCH3 is 1. The molecule has 166 valence electrons. The van der Waals surface area contributed by atoms with Crippen LogP contribution in [0, 0.1) is 0 Å². The van der Waals surface area contributed by atoms with Crippen LogP contribution in [0.1, 0.15) is 44.9 Å². The normalized spacial score (nSPS) is 13.8. The van der Waals surface area contributed by atoms with E-state index < -0.39 is 11.0 Å². The topological polar surface area (TPSA) is 113 Å². The Labute approximate surface area is 184 Å². The molecule has 0 amide bonds. The number of anilines is 1. The Morgan fingerprint density at radius 3 is 2.73 bits per heavy atom. The molecule has 2 heterocycles. The third kappa shape index (κ3) is 5.87. The van der Waals surface area contributed by atoms with Gasteiger partial charge in [-0.25, -0.2) is 8.51 Å². The molecule has 2 aromatic rings. The monoisotopic (exact) mass is 454 g/mol. The smallest absolute Gasteiger partial charge is 0.167 e. The van der Waals surface area contributed by atoms with Crippen molar-refractivity contribution in [1.82, 2.24) is 4.31 Å². The average molecular weight is 455 g/mol. The van der Waals surface area contributed by atoms with Crippen molar-refractivity contribution in [1.29, 1.82) is 0 Å². The summed E-state index contributed by atoms with van der Waals surface area (Å²) in [5, 5.41) is 15.3. The number of thiophene rings is 1. The molecular weight excluding hydrogens is 424 g/mol. The molecule has 0 bridgehead atoms. The van der Waals surface area contributed by atoms with Crippen LogP contribution in [0.2, 0.25) is 0 Å². The van der Waals surface area contributed by atoms with E-state index in [0.717, 1.165) is 5.56 Å². The van der Waals surface area contributed by atoms with E-state index in [-0.39, 0.29) is 18.1 Å². The van der Waals surface area contributed by atoms with Gasteiger partial charge in [0, 0.05) is 18.5 Å². The van der Waals surface area contributed by atoms with Crippen LogP contribution in [0.5, 0.6) is 5.75 Å². The van der Waals surface area contributed by atoms with Crippen molar-refractivity contribution >= 4 is 33.8 Å². The molecule has 0 aliphatic carbocycles. The van der Waals surface area contributed by atoms with E-state index in [1.807, 2.05) is 19.9 Å². The summed E-state index contributed by atoms with van der Waals surface area (Å²) in [6, 6.07) is 1.95. The number of nitrogens with zero attached hydrogens (tertiary/aromatic N) is 2. The van der Waals surface area contributed by atoms with E-state index in [1.54, 1.807) is 15.9 Å². The summed E-state index contributed by atoms with van der Waals surface area (Å²) in [5.74, 6) is 1.19. The van der Waals surface area contributed by atoms with Gasteiger partial charge in [0.15, 0.2) is 9.96 Å². The van der Waals surface area contributed by atoms with E-state index in [9.17, 15) is 9.32 Å². The fourth-order valence-electron chi connectivity index (χ4n) is 2.57. The summed E-state index contributed by atoms with van der Waals surface area (Å²) in [4.78, 5) is 4.35. The number of rotatable bonds is 11. The third-order valence-electron chi connectivity index (χ3n) is 4.36. The summed E-state index contributed by atoms with van der Waals surface area (Å²) in [5.41, 5.74) is 7.99. The molecule has 4 N–H and O–H groups in total. The predicted molar refractivity (Wildman–Crippen MR) is 122 cm³/mol. The predicted octanol–water partition coefficient (Wildman–Crippen LogP) is 3.99. The van der Waals surface area contributed by atoms with Crippen LogP contribution in [0.15, 0.2) is 43.3 Å². The number of amidine groups is 1. The van der Waals surface area contributed by atoms with Gasteiger partial charge < -0.3 is 25.3 Å². The van der Waals surface area contributed by atoms with E-state index >= 15 is 0 Å². The average Bonchev–Trinajstić information content (AvgIpc) is 3.34. The lowest BCUT2D eigenvalue weighted by molar-refractivity contribution is 0.336. The van der Waals surface area contributed by atoms with Crippen LogP contribution < -0.4 is 11.1 Å². The van der Waals surface area contributed by atoms with Crippen molar-refractivity contribution in [2.24, 2.45) is 10.7 Å². The molecule has 8 nitrogen and oxygen atoms in total. The van der Waals surface area contributed by atoms with Gasteiger partial charge in [0.2, 0.25) is 0 Å². The van der Waals surface area contributed by atoms with Crippen LogP contribution in [-0.2, 0) is 22.3 Å². The number of nitrogens with two attached hydrogens (primary N) is 1. The molecule has 2 rings (SSSR count). The maximum Gasteiger partial charge on any atom is 0.167 e. The number of aliphatic imine (C=N–C) groups is 1. The second-order valence-electron chi connectivity index (χ2n) is 6.74. The fourth-order valence-corrected chi connectivity index (χ4v) is 4.96. The Morgan fingerprint density at radius 2 is 2.17 bits per heavy atom. The molecule has 0 spiro atoms. The van der Waals surface area contributed by atoms with Crippen LogP contribution in [0.3, 0.4) is 0 Å². The fraction of sp³-hybridized carbons (Fsp3) is 0.450. The largest absolute Gasteiger partial charge is 0.504 e. The van der Waals surface area contributed by atoms with E-state index in [0.29, 0.717) is 40.4 Å². The first-order valence-electron chi connectivity index (χ1n) is 9.67. The lowest BCUT2D eigenvalue weighted by Crippen LogP contribution is -2.25. The number of furan rings is 1. The van der Waals surface area contributed by atoms with Gasteiger partial charge >= 0.3 is 0 Å². The first kappa shape index (κ1) is 24.0. The second-order valence-corrected chi connectivity index (χ2v) is 9.30. The van der Waals surface area contributed by atoms with Crippen molar-refractivity contribution in [3.8, 4) is 5.75 Å². The molecule has 0 fully saturated rings. The van der Waals surface area contributed by atoms with Crippen LogP contribution in [0.4, 0.5) is 5.69 Å². The van der Waals surface area contributed by atoms with Crippen molar-refractivity contribution in [2.45, 2.75) is 44.4 Å². The minimum Gasteiger partial charge on any atom is -0.504 e. The Hall–Kier alpha value is -2.30. The van der Waals surface area contributed by atoms with E-state index in [4.69, 9.17) is 14.9 Å². The number of hydrogen-bond donors (Lipinski definition) is 3. The SMILES string of the molecule is CCN(CC)S(=O)c1scc(N/C(=C/OC)C(N)=NCc2cc(C(C)C)co2)c1O. The first-order chi connectivity index (χ1) is 14.3. The van der Waals surface area contributed by atoms with E-state index in [2.05, 4.69) is 24.2 Å². The van der Waals surface area contributed by atoms with Gasteiger partial charge in [-0.05, 0) is 17.5 Å². The van der Waals surface area contributed by atoms with Crippen molar-refractivity contribution in [3.05, 3.63) is 41.0 Å². The highest BCUT2D eigenvalue weighted by Crippen LogP contribution is 2.38. The molecule has 0 aliphatic heterocycles. The zero-order valence-electron chi connectivity index (χ0n) is 18.0. The lowest BCUT2D eigenvalue weighted by atomic mass is 10.1. The van der Waals surface area contributed by atoms with Crippen molar-refractivity contribution in [2.75, 3.05) is 25.5 Å². The summed E-state index contributed by atoms with van der Waals surface area (Å²) in [6.07, 6.45) is 3.12. The zero-order chi connectivity index (χ0) is 22.3. The van der Waals surface area contributed by atoms with Crippen LogP contribution >= 0.6 is 11.3 Å². The number of aromatic hydroxyl groups is 1. The highest BCUT2D eigenvalue weighted by Gasteiger charge is 2.21. The lowest BCUT2D eigenvalue weighted by Gasteiger charge is -2.16. The Balaban J connectivity index is 2.17. The molecule has 0 aliphatic rings. The van der Waals surface area contributed by atoms with Gasteiger partial charge in [-0.3, -0.25) is 4.99 Å². The van der Waals surface area contributed by atoms with Crippen LogP contribution in [-0.4, -0.2) is 39.7 Å². The van der Waals surface area contributed by atoms with Crippen LogP contribution in [0.25, 0.3) is 0 Å². The maximum atomic E-state index is 12.7. The molecule has 0 saturated heterocycles. The zero-order valence-corrected chi connectivity index (χ0v) is 19.6. The quantitative estimate of drug-likeness (QED) is 0.269. The first-order valence-corrected chi connectivity index (χ1v) is 11.7. The minimum atomic E-state index is -1.43. The highest BCUT2D eigenvalue weighted by atomic mass is 32.2. The van der Waals surface area contributed by atoms with Gasteiger partial charge in [-0.1, -0.05) is 27.7 Å². The second kappa shape index (κ2) is 11.2. The van der Waals surface area contributed by atoms with Gasteiger partial charge in [-0.2, -0.15) is 0 Å². The molecule has 30 heavy (non-hydrogen) atoms. The molecule has 0 radical (unpaired) electrons. The van der Waals surface area contributed by atoms with Gasteiger partial charge in [0.25, 0.3) is 0 Å². The minimum absolute atomic E-state index is 0.0763. The number of ether oxygens (including phenoxy) is 1. The molecule has 0 aromatic carbocycles.